The van der Waals surface area contributed by atoms with Crippen LogP contribution in [0.25, 0.3) is 21.8 Å². The molecule has 0 radical (unpaired) electrons. The number of nitrogens with one attached hydrogen (secondary N) is 1. The maximum atomic E-state index is 12.8. The standard InChI is InChI=1S/C18H11ClN2O/c19-14-7-3-1-6-13(14)18(22)17-16-12(9-10-20-17)11-5-2-4-8-15(11)21-16/h1-10,21H. The van der Waals surface area contributed by atoms with E-state index < -0.39 is 0 Å². The lowest BCUT2D eigenvalue weighted by atomic mass is 10.1. The second-order valence-corrected chi connectivity index (χ2v) is 5.47. The first-order valence-corrected chi connectivity index (χ1v) is 7.28. The van der Waals surface area contributed by atoms with Crippen LogP contribution in [-0.4, -0.2) is 15.8 Å². The summed E-state index contributed by atoms with van der Waals surface area (Å²) in [4.78, 5) is 20.4. The van der Waals surface area contributed by atoms with E-state index in [0.29, 0.717) is 16.3 Å². The van der Waals surface area contributed by atoms with Gasteiger partial charge in [0.25, 0.3) is 0 Å². The zero-order valence-corrected chi connectivity index (χ0v) is 12.3. The minimum Gasteiger partial charge on any atom is -0.353 e. The first-order chi connectivity index (χ1) is 10.8. The van der Waals surface area contributed by atoms with Crippen LogP contribution >= 0.6 is 11.6 Å². The van der Waals surface area contributed by atoms with Gasteiger partial charge in [-0.1, -0.05) is 41.9 Å². The fraction of sp³-hybridized carbons (Fsp3) is 0. The third-order valence-corrected chi connectivity index (χ3v) is 4.09. The van der Waals surface area contributed by atoms with Gasteiger partial charge in [0.1, 0.15) is 5.69 Å². The zero-order chi connectivity index (χ0) is 15.1. The molecule has 0 spiro atoms. The van der Waals surface area contributed by atoms with Crippen molar-refractivity contribution < 1.29 is 4.79 Å². The molecule has 0 aliphatic carbocycles. The highest BCUT2D eigenvalue weighted by atomic mass is 35.5. The van der Waals surface area contributed by atoms with E-state index in [2.05, 4.69) is 9.97 Å². The molecule has 4 aromatic rings. The first kappa shape index (κ1) is 13.0. The van der Waals surface area contributed by atoms with Gasteiger partial charge in [-0.3, -0.25) is 9.78 Å². The number of benzene rings is 2. The maximum Gasteiger partial charge on any atom is 0.214 e. The van der Waals surface area contributed by atoms with E-state index in [1.165, 1.54) is 0 Å². The van der Waals surface area contributed by atoms with E-state index >= 15 is 0 Å². The quantitative estimate of drug-likeness (QED) is 0.550. The molecule has 1 N–H and O–H groups in total. The van der Waals surface area contributed by atoms with Crippen LogP contribution < -0.4 is 0 Å². The first-order valence-electron chi connectivity index (χ1n) is 6.90. The van der Waals surface area contributed by atoms with Crippen molar-refractivity contribution >= 4 is 39.2 Å². The fourth-order valence-corrected chi connectivity index (χ4v) is 2.94. The molecule has 4 rings (SSSR count). The van der Waals surface area contributed by atoms with Crippen molar-refractivity contribution in [1.29, 1.82) is 0 Å². The number of aromatic amines is 1. The number of H-pyrrole nitrogens is 1. The highest BCUT2D eigenvalue weighted by Crippen LogP contribution is 2.28. The Labute approximate surface area is 131 Å². The molecule has 0 saturated heterocycles. The molecular weight excluding hydrogens is 296 g/mol. The number of fused-ring (bicyclic) bond motifs is 3. The summed E-state index contributed by atoms with van der Waals surface area (Å²) in [5.41, 5.74) is 2.58. The Hall–Kier alpha value is -2.65. The molecule has 22 heavy (non-hydrogen) atoms. The normalized spacial score (nSPS) is 11.1. The molecule has 2 aromatic heterocycles. The lowest BCUT2D eigenvalue weighted by Gasteiger charge is -2.04. The predicted octanol–water partition coefficient (Wildman–Crippen LogP) is 4.60. The number of ketones is 1. The lowest BCUT2D eigenvalue weighted by molar-refractivity contribution is 0.103. The summed E-state index contributed by atoms with van der Waals surface area (Å²) in [5, 5.41) is 2.50. The van der Waals surface area contributed by atoms with E-state index in [9.17, 15) is 4.79 Å². The van der Waals surface area contributed by atoms with Crippen LogP contribution in [0.3, 0.4) is 0 Å². The van der Waals surface area contributed by atoms with Crippen molar-refractivity contribution in [3.63, 3.8) is 0 Å². The average Bonchev–Trinajstić information content (AvgIpc) is 2.93. The highest BCUT2D eigenvalue weighted by Gasteiger charge is 2.18. The van der Waals surface area contributed by atoms with Gasteiger partial charge in [-0.2, -0.15) is 0 Å². The molecule has 0 saturated carbocycles. The molecular formula is C18H11ClN2O. The minimum absolute atomic E-state index is 0.178. The number of hydrogen-bond donors (Lipinski definition) is 1. The van der Waals surface area contributed by atoms with E-state index in [0.717, 1.165) is 21.8 Å². The van der Waals surface area contributed by atoms with Crippen molar-refractivity contribution in [1.82, 2.24) is 9.97 Å². The summed E-state index contributed by atoms with van der Waals surface area (Å²) >= 11 is 6.14. The monoisotopic (exact) mass is 306 g/mol. The lowest BCUT2D eigenvalue weighted by Crippen LogP contribution is -2.05. The van der Waals surface area contributed by atoms with Crippen LogP contribution in [0.2, 0.25) is 5.02 Å². The number of aromatic nitrogens is 2. The van der Waals surface area contributed by atoms with Crippen molar-refractivity contribution in [3.05, 3.63) is 77.1 Å². The summed E-state index contributed by atoms with van der Waals surface area (Å²) in [5.74, 6) is -0.178. The minimum atomic E-state index is -0.178. The number of rotatable bonds is 2. The molecule has 106 valence electrons. The SMILES string of the molecule is O=C(c1ccccc1Cl)c1nccc2c1[nH]c1ccccc12. The number of carbonyl (C=O) groups excluding carboxylic acids is 1. The third kappa shape index (κ3) is 1.90. The Bertz CT molecular complexity index is 1020. The van der Waals surface area contributed by atoms with Crippen molar-refractivity contribution in [2.75, 3.05) is 0 Å². The van der Waals surface area contributed by atoms with Crippen LogP contribution in [0.15, 0.2) is 60.8 Å². The molecule has 0 aliphatic heterocycles. The van der Waals surface area contributed by atoms with Gasteiger partial charge in [-0.25, -0.2) is 0 Å². The smallest absolute Gasteiger partial charge is 0.214 e. The van der Waals surface area contributed by atoms with Crippen molar-refractivity contribution in [3.8, 4) is 0 Å². The number of carbonyl (C=O) groups is 1. The van der Waals surface area contributed by atoms with Crippen LogP contribution in [0.1, 0.15) is 16.1 Å². The van der Waals surface area contributed by atoms with E-state index in [1.807, 2.05) is 30.3 Å². The molecule has 4 heteroatoms. The number of nitrogens with zero attached hydrogens (tertiary/aromatic N) is 1. The number of para-hydroxylation sites is 1. The predicted molar refractivity (Wildman–Crippen MR) is 88.5 cm³/mol. The van der Waals surface area contributed by atoms with E-state index in [-0.39, 0.29) is 5.78 Å². The van der Waals surface area contributed by atoms with Gasteiger partial charge in [0.2, 0.25) is 5.78 Å². The Kier molecular flexibility index (Phi) is 2.94. The van der Waals surface area contributed by atoms with Gasteiger partial charge in [0.05, 0.1) is 10.5 Å². The van der Waals surface area contributed by atoms with Gasteiger partial charge in [0, 0.05) is 28.0 Å². The topological polar surface area (TPSA) is 45.8 Å². The Morgan fingerprint density at radius 1 is 0.955 bits per heavy atom. The highest BCUT2D eigenvalue weighted by molar-refractivity contribution is 6.35. The second-order valence-electron chi connectivity index (χ2n) is 5.06. The average molecular weight is 307 g/mol. The summed E-state index contributed by atoms with van der Waals surface area (Å²) in [6.07, 6.45) is 1.66. The molecule has 0 bridgehead atoms. The molecule has 2 heterocycles. The van der Waals surface area contributed by atoms with Crippen molar-refractivity contribution in [2.45, 2.75) is 0 Å². The molecule has 2 aromatic carbocycles. The van der Waals surface area contributed by atoms with Gasteiger partial charge in [0.15, 0.2) is 0 Å². The summed E-state index contributed by atoms with van der Waals surface area (Å²) in [7, 11) is 0. The summed E-state index contributed by atoms with van der Waals surface area (Å²) in [6.45, 7) is 0. The van der Waals surface area contributed by atoms with Gasteiger partial charge in [-0.15, -0.1) is 0 Å². The van der Waals surface area contributed by atoms with E-state index in [4.69, 9.17) is 11.6 Å². The van der Waals surface area contributed by atoms with Crippen molar-refractivity contribution in [2.24, 2.45) is 0 Å². The van der Waals surface area contributed by atoms with Crippen LogP contribution in [0.5, 0.6) is 0 Å². The number of hydrogen-bond acceptors (Lipinski definition) is 2. The molecule has 0 unspecified atom stereocenters. The van der Waals surface area contributed by atoms with Crippen LogP contribution in [0.4, 0.5) is 0 Å². The van der Waals surface area contributed by atoms with Gasteiger partial charge in [-0.05, 0) is 24.3 Å². The molecule has 0 amide bonds. The fourth-order valence-electron chi connectivity index (χ4n) is 2.72. The van der Waals surface area contributed by atoms with E-state index in [1.54, 1.807) is 30.5 Å². The van der Waals surface area contributed by atoms with Gasteiger partial charge < -0.3 is 4.98 Å². The summed E-state index contributed by atoms with van der Waals surface area (Å²) < 4.78 is 0. The molecule has 0 aliphatic rings. The largest absolute Gasteiger partial charge is 0.353 e. The zero-order valence-electron chi connectivity index (χ0n) is 11.5. The summed E-state index contributed by atoms with van der Waals surface area (Å²) in [6, 6.07) is 16.9. The third-order valence-electron chi connectivity index (χ3n) is 3.76. The maximum absolute atomic E-state index is 12.8. The Morgan fingerprint density at radius 2 is 1.73 bits per heavy atom. The molecule has 3 nitrogen and oxygen atoms in total. The molecule has 0 atom stereocenters. The van der Waals surface area contributed by atoms with Gasteiger partial charge >= 0.3 is 0 Å². The number of halogens is 1. The second kappa shape index (κ2) is 4.97. The van der Waals surface area contributed by atoms with Crippen LogP contribution in [-0.2, 0) is 0 Å². The Morgan fingerprint density at radius 3 is 2.59 bits per heavy atom. The Balaban J connectivity index is 1.99. The number of pyridine rings is 1. The van der Waals surface area contributed by atoms with Crippen LogP contribution in [0, 0.1) is 0 Å². The molecule has 0 fully saturated rings.